The lowest BCUT2D eigenvalue weighted by Crippen LogP contribution is -2.44. The van der Waals surface area contributed by atoms with Crippen LogP contribution in [0.5, 0.6) is 0 Å². The molecule has 1 aliphatic carbocycles. The lowest BCUT2D eigenvalue weighted by atomic mass is 9.85. The van der Waals surface area contributed by atoms with Crippen LogP contribution in [-0.2, 0) is 9.53 Å². The molecule has 1 saturated carbocycles. The lowest BCUT2D eigenvalue weighted by Gasteiger charge is -2.32. The number of nitrogens with zero attached hydrogens (tertiary/aromatic N) is 1. The van der Waals surface area contributed by atoms with Crippen LogP contribution in [-0.4, -0.2) is 47.8 Å². The van der Waals surface area contributed by atoms with E-state index in [4.69, 9.17) is 4.74 Å². The lowest BCUT2D eigenvalue weighted by molar-refractivity contribution is -0.143. The number of fused-ring (bicyclic) bond motifs is 1. The van der Waals surface area contributed by atoms with Gasteiger partial charge in [-0.05, 0) is 31.1 Å². The Kier molecular flexibility index (Phi) is 5.22. The van der Waals surface area contributed by atoms with Gasteiger partial charge in [0.2, 0.25) is 0 Å². The largest absolute Gasteiger partial charge is 0.480 e. The molecule has 4 heteroatoms. The summed E-state index contributed by atoms with van der Waals surface area (Å²) in [6, 6.07) is 0.202. The van der Waals surface area contributed by atoms with Gasteiger partial charge in [0.15, 0.2) is 0 Å². The number of rotatable bonds is 6. The van der Waals surface area contributed by atoms with E-state index >= 15 is 0 Å². The van der Waals surface area contributed by atoms with Crippen molar-refractivity contribution in [3.05, 3.63) is 0 Å². The van der Waals surface area contributed by atoms with E-state index < -0.39 is 5.97 Å². The molecule has 2 fully saturated rings. The third-order valence-electron chi connectivity index (χ3n) is 4.45. The standard InChI is InChI=1S/C15H27NO3/c1-11(2)10-19-8-7-16-13-6-4-3-5-12(13)9-14(16)15(17)18/h11-14H,3-10H2,1-2H3,(H,17,18)/t12-,13+,14+/m1/s1. The van der Waals surface area contributed by atoms with Crippen molar-refractivity contribution in [3.8, 4) is 0 Å². The molecular weight excluding hydrogens is 242 g/mol. The molecule has 0 spiro atoms. The van der Waals surface area contributed by atoms with Crippen LogP contribution in [0.25, 0.3) is 0 Å². The van der Waals surface area contributed by atoms with Crippen LogP contribution < -0.4 is 0 Å². The number of hydrogen-bond acceptors (Lipinski definition) is 3. The van der Waals surface area contributed by atoms with Crippen molar-refractivity contribution in [2.45, 2.75) is 58.0 Å². The van der Waals surface area contributed by atoms with E-state index in [0.717, 1.165) is 19.6 Å². The molecule has 0 aromatic rings. The molecule has 3 atom stereocenters. The summed E-state index contributed by atoms with van der Waals surface area (Å²) in [5.74, 6) is 0.481. The summed E-state index contributed by atoms with van der Waals surface area (Å²) in [4.78, 5) is 13.6. The fourth-order valence-electron chi connectivity index (χ4n) is 3.61. The van der Waals surface area contributed by atoms with E-state index in [1.807, 2.05) is 0 Å². The molecule has 0 unspecified atom stereocenters. The smallest absolute Gasteiger partial charge is 0.320 e. The van der Waals surface area contributed by atoms with Crippen LogP contribution in [0, 0.1) is 11.8 Å². The van der Waals surface area contributed by atoms with Gasteiger partial charge in [0.05, 0.1) is 6.61 Å². The minimum atomic E-state index is -0.654. The van der Waals surface area contributed by atoms with Crippen LogP contribution in [0.2, 0.25) is 0 Å². The quantitative estimate of drug-likeness (QED) is 0.752. The van der Waals surface area contributed by atoms with Gasteiger partial charge in [-0.2, -0.15) is 0 Å². The minimum Gasteiger partial charge on any atom is -0.480 e. The highest BCUT2D eigenvalue weighted by atomic mass is 16.5. The van der Waals surface area contributed by atoms with Crippen LogP contribution in [0.15, 0.2) is 0 Å². The molecule has 2 aliphatic rings. The van der Waals surface area contributed by atoms with Gasteiger partial charge in [0.25, 0.3) is 0 Å². The van der Waals surface area contributed by atoms with Gasteiger partial charge in [0.1, 0.15) is 6.04 Å². The number of hydrogen-bond donors (Lipinski definition) is 1. The third-order valence-corrected chi connectivity index (χ3v) is 4.45. The SMILES string of the molecule is CC(C)COCCN1[C@H](C(=O)O)C[C@H]2CCCC[C@@H]21. The van der Waals surface area contributed by atoms with Gasteiger partial charge in [0, 0.05) is 19.2 Å². The Labute approximate surface area is 116 Å². The maximum atomic E-state index is 11.4. The number of carboxylic acids is 1. The van der Waals surface area contributed by atoms with E-state index in [9.17, 15) is 9.90 Å². The molecule has 0 radical (unpaired) electrons. The maximum Gasteiger partial charge on any atom is 0.320 e. The summed E-state index contributed by atoms with van der Waals surface area (Å²) in [5, 5.41) is 9.39. The van der Waals surface area contributed by atoms with E-state index in [1.54, 1.807) is 0 Å². The molecule has 4 nitrogen and oxygen atoms in total. The van der Waals surface area contributed by atoms with Gasteiger partial charge >= 0.3 is 5.97 Å². The highest BCUT2D eigenvalue weighted by Gasteiger charge is 2.44. The molecule has 0 aromatic heterocycles. The maximum absolute atomic E-state index is 11.4. The predicted molar refractivity (Wildman–Crippen MR) is 74.1 cm³/mol. The van der Waals surface area contributed by atoms with E-state index in [2.05, 4.69) is 18.7 Å². The highest BCUT2D eigenvalue weighted by molar-refractivity contribution is 5.74. The second-order valence-electron chi connectivity index (χ2n) is 6.41. The van der Waals surface area contributed by atoms with Gasteiger partial charge in [-0.15, -0.1) is 0 Å². The van der Waals surface area contributed by atoms with Gasteiger partial charge in [-0.1, -0.05) is 26.7 Å². The molecule has 1 heterocycles. The normalized spacial score (nSPS) is 31.6. The first-order valence-electron chi connectivity index (χ1n) is 7.66. The summed E-state index contributed by atoms with van der Waals surface area (Å²) in [5.41, 5.74) is 0. The summed E-state index contributed by atoms with van der Waals surface area (Å²) in [6.45, 7) is 6.45. The molecule has 110 valence electrons. The molecule has 1 aliphatic heterocycles. The highest BCUT2D eigenvalue weighted by Crippen LogP contribution is 2.39. The second-order valence-corrected chi connectivity index (χ2v) is 6.41. The zero-order valence-electron chi connectivity index (χ0n) is 12.2. The number of carbonyl (C=O) groups is 1. The Morgan fingerprint density at radius 3 is 2.79 bits per heavy atom. The van der Waals surface area contributed by atoms with E-state index in [-0.39, 0.29) is 6.04 Å². The van der Waals surface area contributed by atoms with Crippen molar-refractivity contribution in [3.63, 3.8) is 0 Å². The Balaban J connectivity index is 1.88. The second kappa shape index (κ2) is 6.71. The first-order chi connectivity index (χ1) is 9.09. The Hall–Kier alpha value is -0.610. The minimum absolute atomic E-state index is 0.282. The van der Waals surface area contributed by atoms with E-state index in [0.29, 0.717) is 24.5 Å². The van der Waals surface area contributed by atoms with Gasteiger partial charge in [-0.25, -0.2) is 0 Å². The Morgan fingerprint density at radius 1 is 1.37 bits per heavy atom. The molecule has 0 amide bonds. The number of aliphatic carboxylic acids is 1. The molecule has 1 saturated heterocycles. The van der Waals surface area contributed by atoms with Crippen LogP contribution in [0.3, 0.4) is 0 Å². The zero-order valence-corrected chi connectivity index (χ0v) is 12.2. The predicted octanol–water partition coefficient (Wildman–Crippen LogP) is 2.38. The molecular formula is C15H27NO3. The molecule has 1 N–H and O–H groups in total. The van der Waals surface area contributed by atoms with Crippen molar-refractivity contribution < 1.29 is 14.6 Å². The molecule has 2 rings (SSSR count). The first kappa shape index (κ1) is 14.8. The number of ether oxygens (including phenoxy) is 1. The Bertz CT molecular complexity index is 306. The van der Waals surface area contributed by atoms with E-state index in [1.165, 1.54) is 25.7 Å². The fraction of sp³-hybridized carbons (Fsp3) is 0.933. The van der Waals surface area contributed by atoms with Crippen LogP contribution >= 0.6 is 0 Å². The summed E-state index contributed by atoms with van der Waals surface area (Å²) in [7, 11) is 0. The van der Waals surface area contributed by atoms with Gasteiger partial charge in [-0.3, -0.25) is 9.69 Å². The fourth-order valence-corrected chi connectivity index (χ4v) is 3.61. The van der Waals surface area contributed by atoms with Gasteiger partial charge < -0.3 is 9.84 Å². The van der Waals surface area contributed by atoms with Crippen LogP contribution in [0.4, 0.5) is 0 Å². The third kappa shape index (κ3) is 3.69. The summed E-state index contributed by atoms with van der Waals surface area (Å²) >= 11 is 0. The summed E-state index contributed by atoms with van der Waals surface area (Å²) < 4.78 is 5.63. The molecule has 0 aromatic carbocycles. The zero-order chi connectivity index (χ0) is 13.8. The van der Waals surface area contributed by atoms with Crippen molar-refractivity contribution in [1.29, 1.82) is 0 Å². The molecule has 0 bridgehead atoms. The topological polar surface area (TPSA) is 49.8 Å². The number of carboxylic acid groups (broad SMARTS) is 1. The number of likely N-dealkylation sites (tertiary alicyclic amines) is 1. The average Bonchev–Trinajstić information content (AvgIpc) is 2.73. The van der Waals surface area contributed by atoms with Crippen molar-refractivity contribution in [2.24, 2.45) is 11.8 Å². The molecule has 19 heavy (non-hydrogen) atoms. The van der Waals surface area contributed by atoms with Crippen molar-refractivity contribution in [1.82, 2.24) is 4.90 Å². The average molecular weight is 269 g/mol. The Morgan fingerprint density at radius 2 is 2.11 bits per heavy atom. The summed E-state index contributed by atoms with van der Waals surface area (Å²) in [6.07, 6.45) is 5.72. The monoisotopic (exact) mass is 269 g/mol. The first-order valence-corrected chi connectivity index (χ1v) is 7.66. The van der Waals surface area contributed by atoms with Crippen LogP contribution in [0.1, 0.15) is 46.0 Å². The van der Waals surface area contributed by atoms with Crippen molar-refractivity contribution >= 4 is 5.97 Å². The van der Waals surface area contributed by atoms with Crippen molar-refractivity contribution in [2.75, 3.05) is 19.8 Å².